The molecule has 3 heterocycles. The van der Waals surface area contributed by atoms with Crippen molar-refractivity contribution in [3.8, 4) is 11.5 Å². The zero-order valence-corrected chi connectivity index (χ0v) is 21.2. The molecule has 3 aromatic rings. The number of hydrogen-bond donors (Lipinski definition) is 3. The van der Waals surface area contributed by atoms with Crippen LogP contribution in [0, 0.1) is 0 Å². The van der Waals surface area contributed by atoms with E-state index in [0.29, 0.717) is 19.0 Å². The van der Waals surface area contributed by atoms with Crippen LogP contribution >= 0.6 is 0 Å². The van der Waals surface area contributed by atoms with Gasteiger partial charge in [-0.3, -0.25) is 4.90 Å². The first-order valence-corrected chi connectivity index (χ1v) is 13.9. The van der Waals surface area contributed by atoms with Gasteiger partial charge >= 0.3 is 0 Å². The van der Waals surface area contributed by atoms with Crippen molar-refractivity contribution in [1.29, 1.82) is 0 Å². The fraction of sp³-hybridized carbons (Fsp3) is 0.143. The third-order valence-electron chi connectivity index (χ3n) is 5.71. The molecule has 2 aliphatic rings. The van der Waals surface area contributed by atoms with Gasteiger partial charge < -0.3 is 25.1 Å². The molecule has 2 aromatic carbocycles. The maximum absolute atomic E-state index is 11.3. The van der Waals surface area contributed by atoms with E-state index >= 15 is 0 Å². The monoisotopic (exact) mass is 516 g/mol. The molecule has 0 aliphatic carbocycles. The standard InChI is InChI=1S/C28H28N4O4S/c1-37(33,34)16-14-29-18-25-11-12-28(36-25)32-15-13-21-17-30-19-27(26(21)20-32)31-22-7-9-24(10-8-22)35-23-5-3-2-4-6-23/h2-13,15,17,19-20,29-31H,14,16,18H2,1H3. The minimum Gasteiger partial charge on any atom is -0.457 e. The molecule has 2 aliphatic heterocycles. The van der Waals surface area contributed by atoms with E-state index in [9.17, 15) is 8.42 Å². The van der Waals surface area contributed by atoms with Crippen molar-refractivity contribution in [2.24, 2.45) is 0 Å². The number of benzene rings is 2. The van der Waals surface area contributed by atoms with Gasteiger partial charge in [-0.15, -0.1) is 0 Å². The van der Waals surface area contributed by atoms with Crippen molar-refractivity contribution in [3.05, 3.63) is 120 Å². The van der Waals surface area contributed by atoms with Crippen LogP contribution in [0.2, 0.25) is 0 Å². The molecule has 0 unspecified atom stereocenters. The highest BCUT2D eigenvalue weighted by atomic mass is 32.2. The van der Waals surface area contributed by atoms with Crippen molar-refractivity contribution < 1.29 is 17.6 Å². The Balaban J connectivity index is 1.23. The van der Waals surface area contributed by atoms with Gasteiger partial charge in [0.05, 0.1) is 18.0 Å². The van der Waals surface area contributed by atoms with Gasteiger partial charge in [0.25, 0.3) is 0 Å². The predicted octanol–water partition coefficient (Wildman–Crippen LogP) is 4.86. The molecule has 9 heteroatoms. The molecule has 190 valence electrons. The molecular formula is C28H28N4O4S. The van der Waals surface area contributed by atoms with Crippen LogP contribution in [-0.2, 0) is 16.4 Å². The Bertz CT molecular complexity index is 1470. The van der Waals surface area contributed by atoms with E-state index in [1.54, 1.807) is 0 Å². The number of dihydropyridines is 1. The van der Waals surface area contributed by atoms with Gasteiger partial charge in [-0.1, -0.05) is 18.2 Å². The summed E-state index contributed by atoms with van der Waals surface area (Å²) in [6, 6.07) is 21.3. The number of allylic oxidation sites excluding steroid dienone is 2. The fourth-order valence-corrected chi connectivity index (χ4v) is 4.36. The molecule has 3 N–H and O–H groups in total. The van der Waals surface area contributed by atoms with E-state index in [1.165, 1.54) is 6.26 Å². The van der Waals surface area contributed by atoms with E-state index < -0.39 is 9.84 Å². The minimum absolute atomic E-state index is 0.0928. The largest absolute Gasteiger partial charge is 0.457 e. The normalized spacial score (nSPS) is 14.7. The van der Waals surface area contributed by atoms with Crippen molar-refractivity contribution in [2.75, 3.05) is 28.8 Å². The first-order chi connectivity index (χ1) is 17.9. The van der Waals surface area contributed by atoms with Crippen LogP contribution in [0.3, 0.4) is 0 Å². The summed E-state index contributed by atoms with van der Waals surface area (Å²) in [5, 5.41) is 9.78. The Labute approximate surface area is 216 Å². The van der Waals surface area contributed by atoms with Crippen LogP contribution in [-0.4, -0.2) is 27.0 Å². The number of ether oxygens (including phenoxy) is 1. The Morgan fingerprint density at radius 2 is 1.76 bits per heavy atom. The van der Waals surface area contributed by atoms with Crippen LogP contribution in [0.4, 0.5) is 11.6 Å². The number of hydrogen-bond acceptors (Lipinski definition) is 8. The van der Waals surface area contributed by atoms with E-state index in [0.717, 1.165) is 39.8 Å². The number of nitrogens with zero attached hydrogens (tertiary/aromatic N) is 1. The Hall–Kier alpha value is -4.21. The van der Waals surface area contributed by atoms with Gasteiger partial charge in [0.1, 0.15) is 27.1 Å². The second-order valence-corrected chi connectivity index (χ2v) is 11.0. The molecule has 0 bridgehead atoms. The Morgan fingerprint density at radius 3 is 2.54 bits per heavy atom. The summed E-state index contributed by atoms with van der Waals surface area (Å²) in [5.41, 5.74) is 3.89. The molecule has 0 fully saturated rings. The maximum atomic E-state index is 11.3. The molecule has 0 spiro atoms. The molecule has 1 aromatic heterocycles. The van der Waals surface area contributed by atoms with Crippen molar-refractivity contribution >= 4 is 21.4 Å². The Kier molecular flexibility index (Phi) is 7.16. The molecule has 0 radical (unpaired) electrons. The molecule has 0 amide bonds. The number of anilines is 2. The van der Waals surface area contributed by atoms with Crippen LogP contribution in [0.1, 0.15) is 5.76 Å². The fourth-order valence-electron chi connectivity index (χ4n) is 3.85. The van der Waals surface area contributed by atoms with Gasteiger partial charge in [-0.2, -0.15) is 0 Å². The third kappa shape index (κ3) is 6.52. The quantitative estimate of drug-likeness (QED) is 0.329. The van der Waals surface area contributed by atoms with Crippen LogP contribution in [0.25, 0.3) is 0 Å². The number of furan rings is 1. The van der Waals surface area contributed by atoms with E-state index in [4.69, 9.17) is 9.15 Å². The molecular weight excluding hydrogens is 488 g/mol. The summed E-state index contributed by atoms with van der Waals surface area (Å²) in [6.45, 7) is 0.832. The van der Waals surface area contributed by atoms with Gasteiger partial charge in [0.15, 0.2) is 0 Å². The van der Waals surface area contributed by atoms with E-state index in [2.05, 4.69) is 16.0 Å². The minimum atomic E-state index is -2.99. The summed E-state index contributed by atoms with van der Waals surface area (Å²) in [4.78, 5) is 1.92. The molecule has 0 saturated heterocycles. The van der Waals surface area contributed by atoms with Crippen LogP contribution < -0.4 is 25.6 Å². The predicted molar refractivity (Wildman–Crippen MR) is 146 cm³/mol. The average Bonchev–Trinajstić information content (AvgIpc) is 3.37. The van der Waals surface area contributed by atoms with E-state index in [1.807, 2.05) is 103 Å². The summed E-state index contributed by atoms with van der Waals surface area (Å²) >= 11 is 0. The lowest BCUT2D eigenvalue weighted by Gasteiger charge is -2.26. The van der Waals surface area contributed by atoms with Gasteiger partial charge in [0, 0.05) is 60.5 Å². The SMILES string of the molecule is CS(=O)(=O)CCNCc1ccc(N2C=CC3=CNC=C(Nc4ccc(Oc5ccccc5)cc4)C3=C2)o1. The number of para-hydroxylation sites is 1. The highest BCUT2D eigenvalue weighted by molar-refractivity contribution is 7.90. The summed E-state index contributed by atoms with van der Waals surface area (Å²) in [5.74, 6) is 3.05. The molecule has 37 heavy (non-hydrogen) atoms. The second kappa shape index (κ2) is 10.8. The lowest BCUT2D eigenvalue weighted by molar-refractivity contribution is 0.483. The van der Waals surface area contributed by atoms with Crippen molar-refractivity contribution in [1.82, 2.24) is 10.6 Å². The van der Waals surface area contributed by atoms with Crippen molar-refractivity contribution in [2.45, 2.75) is 6.54 Å². The molecule has 0 atom stereocenters. The molecule has 0 saturated carbocycles. The number of fused-ring (bicyclic) bond motifs is 1. The number of nitrogens with one attached hydrogen (secondary N) is 3. The van der Waals surface area contributed by atoms with Gasteiger partial charge in [-0.05, 0) is 48.5 Å². The lowest BCUT2D eigenvalue weighted by atomic mass is 10.0. The van der Waals surface area contributed by atoms with E-state index in [-0.39, 0.29) is 5.75 Å². The smallest absolute Gasteiger partial charge is 0.203 e. The summed E-state index contributed by atoms with van der Waals surface area (Å²) in [7, 11) is -2.99. The molecule has 5 rings (SSSR count). The average molecular weight is 517 g/mol. The lowest BCUT2D eigenvalue weighted by Crippen LogP contribution is -2.21. The Morgan fingerprint density at radius 1 is 0.973 bits per heavy atom. The van der Waals surface area contributed by atoms with Crippen LogP contribution in [0.5, 0.6) is 11.5 Å². The number of rotatable bonds is 10. The highest BCUT2D eigenvalue weighted by Gasteiger charge is 2.20. The van der Waals surface area contributed by atoms with Crippen molar-refractivity contribution in [3.63, 3.8) is 0 Å². The van der Waals surface area contributed by atoms with Crippen LogP contribution in [0.15, 0.2) is 119 Å². The second-order valence-electron chi connectivity index (χ2n) is 8.70. The summed E-state index contributed by atoms with van der Waals surface area (Å²) in [6.07, 6.45) is 11.1. The first kappa shape index (κ1) is 24.5. The summed E-state index contributed by atoms with van der Waals surface area (Å²) < 4.78 is 34.4. The van der Waals surface area contributed by atoms with Gasteiger partial charge in [-0.25, -0.2) is 8.42 Å². The third-order valence-corrected chi connectivity index (χ3v) is 6.66. The van der Waals surface area contributed by atoms with Gasteiger partial charge in [0.2, 0.25) is 5.88 Å². The zero-order chi connectivity index (χ0) is 25.7. The highest BCUT2D eigenvalue weighted by Crippen LogP contribution is 2.32. The maximum Gasteiger partial charge on any atom is 0.203 e. The topological polar surface area (TPSA) is 95.8 Å². The first-order valence-electron chi connectivity index (χ1n) is 11.9. The zero-order valence-electron chi connectivity index (χ0n) is 20.3. The number of sulfone groups is 1. The molecule has 8 nitrogen and oxygen atoms in total.